The summed E-state index contributed by atoms with van der Waals surface area (Å²) in [6.07, 6.45) is 3.51. The van der Waals surface area contributed by atoms with E-state index in [1.807, 2.05) is 19.2 Å². The molecule has 0 aliphatic carbocycles. The highest BCUT2D eigenvalue weighted by atomic mass is 19.1. The maximum absolute atomic E-state index is 13.2. The van der Waals surface area contributed by atoms with E-state index < -0.39 is 0 Å². The van der Waals surface area contributed by atoms with E-state index in [0.29, 0.717) is 17.7 Å². The first-order valence-electron chi connectivity index (χ1n) is 4.28. The molecule has 0 atom stereocenters. The van der Waals surface area contributed by atoms with E-state index in [4.69, 9.17) is 5.26 Å². The van der Waals surface area contributed by atoms with Crippen LogP contribution in [0.3, 0.4) is 0 Å². The highest BCUT2D eigenvalue weighted by molar-refractivity contribution is 5.52. The Bertz CT molecular complexity index is 377. The SMILES string of the molecule is CNCC=Cc1ccc(C#N)cc1F. The van der Waals surface area contributed by atoms with Gasteiger partial charge in [0.1, 0.15) is 5.82 Å². The van der Waals surface area contributed by atoms with Gasteiger partial charge in [0.15, 0.2) is 0 Å². The maximum atomic E-state index is 13.2. The fourth-order valence-corrected chi connectivity index (χ4v) is 1.04. The van der Waals surface area contributed by atoms with Crippen molar-refractivity contribution in [3.63, 3.8) is 0 Å². The van der Waals surface area contributed by atoms with Crippen LogP contribution in [0.4, 0.5) is 4.39 Å². The van der Waals surface area contributed by atoms with Crippen LogP contribution in [0.15, 0.2) is 24.3 Å². The van der Waals surface area contributed by atoms with Crippen LogP contribution in [0.2, 0.25) is 0 Å². The molecule has 72 valence electrons. The standard InChI is InChI=1S/C11H11FN2/c1-14-6-2-3-10-5-4-9(8-13)7-11(10)12/h2-5,7,14H,6H2,1H3. The van der Waals surface area contributed by atoms with Crippen LogP contribution >= 0.6 is 0 Å². The van der Waals surface area contributed by atoms with E-state index in [0.717, 1.165) is 0 Å². The van der Waals surface area contributed by atoms with E-state index in [1.54, 1.807) is 18.2 Å². The molecule has 3 heteroatoms. The average Bonchev–Trinajstić information content (AvgIpc) is 2.20. The fraction of sp³-hybridized carbons (Fsp3) is 0.182. The summed E-state index contributed by atoms with van der Waals surface area (Å²) in [5, 5.41) is 11.4. The molecule has 1 rings (SSSR count). The van der Waals surface area contributed by atoms with E-state index in [-0.39, 0.29) is 5.82 Å². The maximum Gasteiger partial charge on any atom is 0.131 e. The van der Waals surface area contributed by atoms with Crippen LogP contribution in [0.25, 0.3) is 6.08 Å². The molecule has 0 spiro atoms. The zero-order valence-corrected chi connectivity index (χ0v) is 7.92. The third kappa shape index (κ3) is 2.68. The number of nitriles is 1. The fourth-order valence-electron chi connectivity index (χ4n) is 1.04. The van der Waals surface area contributed by atoms with Crippen molar-refractivity contribution in [1.82, 2.24) is 5.32 Å². The predicted molar refractivity (Wildman–Crippen MR) is 54.1 cm³/mol. The second-order valence-electron chi connectivity index (χ2n) is 2.81. The smallest absolute Gasteiger partial charge is 0.131 e. The minimum atomic E-state index is -0.364. The quantitative estimate of drug-likeness (QED) is 0.790. The summed E-state index contributed by atoms with van der Waals surface area (Å²) in [5.41, 5.74) is 0.840. The van der Waals surface area contributed by atoms with Crippen molar-refractivity contribution in [2.75, 3.05) is 13.6 Å². The molecule has 14 heavy (non-hydrogen) atoms. The van der Waals surface area contributed by atoms with Gasteiger partial charge in [0.05, 0.1) is 11.6 Å². The van der Waals surface area contributed by atoms with Gasteiger partial charge >= 0.3 is 0 Å². The molecule has 0 amide bonds. The molecule has 0 aliphatic rings. The molecular weight excluding hydrogens is 179 g/mol. The Hall–Kier alpha value is -1.66. The van der Waals surface area contributed by atoms with Gasteiger partial charge in [-0.25, -0.2) is 4.39 Å². The molecule has 0 saturated carbocycles. The third-order valence-corrected chi connectivity index (χ3v) is 1.75. The van der Waals surface area contributed by atoms with Crippen LogP contribution in [0.1, 0.15) is 11.1 Å². The van der Waals surface area contributed by atoms with Crippen LogP contribution in [-0.2, 0) is 0 Å². The molecular formula is C11H11FN2. The number of rotatable bonds is 3. The number of nitrogens with one attached hydrogen (secondary N) is 1. The molecule has 2 nitrogen and oxygen atoms in total. The average molecular weight is 190 g/mol. The molecule has 1 aromatic rings. The zero-order valence-electron chi connectivity index (χ0n) is 7.92. The van der Waals surface area contributed by atoms with Gasteiger partial charge in [0.25, 0.3) is 0 Å². The van der Waals surface area contributed by atoms with Crippen molar-refractivity contribution < 1.29 is 4.39 Å². The van der Waals surface area contributed by atoms with Crippen molar-refractivity contribution in [3.05, 3.63) is 41.2 Å². The van der Waals surface area contributed by atoms with Crippen LogP contribution < -0.4 is 5.32 Å². The molecule has 0 saturated heterocycles. The highest BCUT2D eigenvalue weighted by Gasteiger charge is 1.99. The predicted octanol–water partition coefficient (Wildman–Crippen LogP) is 1.93. The Morgan fingerprint density at radius 2 is 2.36 bits per heavy atom. The number of halogens is 1. The van der Waals surface area contributed by atoms with E-state index in [9.17, 15) is 4.39 Å². The summed E-state index contributed by atoms with van der Waals surface area (Å²) < 4.78 is 13.2. The number of likely N-dealkylation sites (N-methyl/N-ethyl adjacent to an activating group) is 1. The van der Waals surface area contributed by atoms with Crippen molar-refractivity contribution in [2.45, 2.75) is 0 Å². The lowest BCUT2D eigenvalue weighted by atomic mass is 10.1. The Morgan fingerprint density at radius 3 is 2.93 bits per heavy atom. The van der Waals surface area contributed by atoms with E-state index >= 15 is 0 Å². The first kappa shape index (κ1) is 10.4. The van der Waals surface area contributed by atoms with Gasteiger partial charge in [0.2, 0.25) is 0 Å². The van der Waals surface area contributed by atoms with Crippen molar-refractivity contribution in [2.24, 2.45) is 0 Å². The monoisotopic (exact) mass is 190 g/mol. The van der Waals surface area contributed by atoms with Crippen molar-refractivity contribution in [3.8, 4) is 6.07 Å². The van der Waals surface area contributed by atoms with Gasteiger partial charge in [-0.1, -0.05) is 18.2 Å². The molecule has 0 fully saturated rings. The second-order valence-corrected chi connectivity index (χ2v) is 2.81. The minimum absolute atomic E-state index is 0.341. The van der Waals surface area contributed by atoms with Crippen molar-refractivity contribution in [1.29, 1.82) is 5.26 Å². The van der Waals surface area contributed by atoms with Gasteiger partial charge in [-0.3, -0.25) is 0 Å². The third-order valence-electron chi connectivity index (χ3n) is 1.75. The Kier molecular flexibility index (Phi) is 3.84. The number of hydrogen-bond donors (Lipinski definition) is 1. The van der Waals surface area contributed by atoms with Crippen LogP contribution in [0, 0.1) is 17.1 Å². The normalized spacial score (nSPS) is 10.4. The Morgan fingerprint density at radius 1 is 1.57 bits per heavy atom. The lowest BCUT2D eigenvalue weighted by Crippen LogP contribution is -2.03. The molecule has 0 aliphatic heterocycles. The van der Waals surface area contributed by atoms with Gasteiger partial charge < -0.3 is 5.32 Å². The summed E-state index contributed by atoms with van der Waals surface area (Å²) in [7, 11) is 1.82. The van der Waals surface area contributed by atoms with Gasteiger partial charge in [-0.15, -0.1) is 0 Å². The molecule has 1 aromatic carbocycles. The molecule has 0 aromatic heterocycles. The number of hydrogen-bond acceptors (Lipinski definition) is 2. The number of nitrogens with zero attached hydrogens (tertiary/aromatic N) is 1. The largest absolute Gasteiger partial charge is 0.316 e. The Labute approximate surface area is 82.7 Å². The second kappa shape index (κ2) is 5.15. The van der Waals surface area contributed by atoms with E-state index in [2.05, 4.69) is 5.32 Å². The summed E-state index contributed by atoms with van der Waals surface area (Å²) in [6.45, 7) is 0.694. The van der Waals surface area contributed by atoms with Gasteiger partial charge in [-0.2, -0.15) is 5.26 Å². The van der Waals surface area contributed by atoms with Gasteiger partial charge in [0, 0.05) is 12.1 Å². The number of benzene rings is 1. The molecule has 0 radical (unpaired) electrons. The lowest BCUT2D eigenvalue weighted by Gasteiger charge is -1.96. The minimum Gasteiger partial charge on any atom is -0.316 e. The molecule has 0 unspecified atom stereocenters. The summed E-state index contributed by atoms with van der Waals surface area (Å²) in [6, 6.07) is 6.32. The summed E-state index contributed by atoms with van der Waals surface area (Å²) in [5.74, 6) is -0.364. The lowest BCUT2D eigenvalue weighted by molar-refractivity contribution is 0.624. The van der Waals surface area contributed by atoms with Crippen molar-refractivity contribution >= 4 is 6.08 Å². The van der Waals surface area contributed by atoms with Crippen LogP contribution in [0.5, 0.6) is 0 Å². The summed E-state index contributed by atoms with van der Waals surface area (Å²) in [4.78, 5) is 0. The molecule has 0 heterocycles. The van der Waals surface area contributed by atoms with E-state index in [1.165, 1.54) is 6.07 Å². The summed E-state index contributed by atoms with van der Waals surface area (Å²) >= 11 is 0. The van der Waals surface area contributed by atoms with Crippen LogP contribution in [-0.4, -0.2) is 13.6 Å². The Balaban J connectivity index is 2.85. The first-order chi connectivity index (χ1) is 6.77. The molecule has 1 N–H and O–H groups in total. The molecule has 0 bridgehead atoms. The first-order valence-corrected chi connectivity index (χ1v) is 4.28. The van der Waals surface area contributed by atoms with Gasteiger partial charge in [-0.05, 0) is 19.2 Å². The topological polar surface area (TPSA) is 35.8 Å². The highest BCUT2D eigenvalue weighted by Crippen LogP contribution is 2.11. The zero-order chi connectivity index (χ0) is 10.4.